The summed E-state index contributed by atoms with van der Waals surface area (Å²) >= 11 is 0. The second kappa shape index (κ2) is 10.8. The molecule has 32 heavy (non-hydrogen) atoms. The third kappa shape index (κ3) is 5.87. The monoisotopic (exact) mass is 437 g/mol. The molecule has 170 valence electrons. The molecular weight excluding hydrogens is 406 g/mol. The zero-order valence-corrected chi connectivity index (χ0v) is 18.8. The van der Waals surface area contributed by atoms with Crippen LogP contribution in [0.3, 0.4) is 0 Å². The number of hydrogen-bond acceptors (Lipinski definition) is 4. The first-order valence-corrected chi connectivity index (χ1v) is 11.1. The summed E-state index contributed by atoms with van der Waals surface area (Å²) in [4.78, 5) is 39.2. The van der Waals surface area contributed by atoms with E-state index in [-0.39, 0.29) is 24.3 Å². The van der Waals surface area contributed by atoms with E-state index in [1.807, 2.05) is 51.1 Å². The quantitative estimate of drug-likeness (QED) is 0.614. The molecule has 2 unspecified atom stereocenters. The van der Waals surface area contributed by atoms with Crippen molar-refractivity contribution in [2.24, 2.45) is 5.92 Å². The average molecular weight is 438 g/mol. The van der Waals surface area contributed by atoms with Crippen molar-refractivity contribution < 1.29 is 19.1 Å². The highest BCUT2D eigenvalue weighted by atomic mass is 16.6. The Morgan fingerprint density at radius 1 is 1.06 bits per heavy atom. The largest absolute Gasteiger partial charge is 0.438 e. The summed E-state index contributed by atoms with van der Waals surface area (Å²) < 4.78 is 5.66. The molecular formula is C25H31N3O4. The molecule has 0 aliphatic carbocycles. The highest BCUT2D eigenvalue weighted by Crippen LogP contribution is 2.34. The lowest BCUT2D eigenvalue weighted by Crippen LogP contribution is -2.46. The van der Waals surface area contributed by atoms with Gasteiger partial charge >= 0.3 is 6.09 Å². The minimum absolute atomic E-state index is 0.0501. The molecule has 2 N–H and O–H groups in total. The molecule has 3 rings (SSSR count). The maximum absolute atomic E-state index is 13.0. The molecule has 1 aliphatic rings. The van der Waals surface area contributed by atoms with E-state index in [1.165, 1.54) is 4.90 Å². The number of hydrogen-bond donors (Lipinski definition) is 2. The van der Waals surface area contributed by atoms with Gasteiger partial charge < -0.3 is 15.4 Å². The molecule has 1 saturated heterocycles. The Morgan fingerprint density at radius 2 is 1.75 bits per heavy atom. The molecule has 1 heterocycles. The van der Waals surface area contributed by atoms with Gasteiger partial charge in [-0.25, -0.2) is 4.79 Å². The fourth-order valence-corrected chi connectivity index (χ4v) is 3.68. The summed E-state index contributed by atoms with van der Waals surface area (Å²) in [5, 5.41) is 5.76. The second-order valence-corrected chi connectivity index (χ2v) is 8.42. The number of nitrogens with zero attached hydrogens (tertiary/aromatic N) is 1. The number of amides is 3. The molecule has 0 aromatic heterocycles. The molecule has 1 aliphatic heterocycles. The zero-order valence-electron chi connectivity index (χ0n) is 18.8. The Morgan fingerprint density at radius 3 is 2.38 bits per heavy atom. The summed E-state index contributed by atoms with van der Waals surface area (Å²) in [6.45, 7) is 6.76. The Kier molecular flexibility index (Phi) is 7.87. The normalized spacial score (nSPS) is 17.9. The summed E-state index contributed by atoms with van der Waals surface area (Å²) in [7, 11) is 0. The molecule has 0 saturated carbocycles. The highest BCUT2D eigenvalue weighted by Gasteiger charge is 2.46. The molecule has 1 fully saturated rings. The van der Waals surface area contributed by atoms with Crippen LogP contribution >= 0.6 is 0 Å². The summed E-state index contributed by atoms with van der Waals surface area (Å²) in [5.41, 5.74) is 2.28. The number of ether oxygens (including phenoxy) is 1. The first-order valence-electron chi connectivity index (χ1n) is 11.1. The molecule has 0 radical (unpaired) electrons. The lowest BCUT2D eigenvalue weighted by Gasteiger charge is -2.24. The Hall–Kier alpha value is -3.35. The minimum atomic E-state index is -0.782. The third-order valence-corrected chi connectivity index (χ3v) is 5.22. The van der Waals surface area contributed by atoms with Gasteiger partial charge in [-0.05, 0) is 35.6 Å². The molecule has 2 aromatic rings. The molecule has 0 spiro atoms. The molecule has 3 amide bonds. The second-order valence-electron chi connectivity index (χ2n) is 8.42. The van der Waals surface area contributed by atoms with Gasteiger partial charge in [0.25, 0.3) is 0 Å². The maximum atomic E-state index is 13.0. The van der Waals surface area contributed by atoms with Gasteiger partial charge in [-0.3, -0.25) is 14.5 Å². The standard InChI is InChI=1S/C25H31N3O4/c1-4-14-26-24(30)22-23(32-25(31)28(22)16-18-8-6-5-7-9-18)19-10-12-20(13-11-19)27-21(29)15-17(2)3/h5-13,17,22-23H,4,14-16H2,1-3H3,(H,26,30)(H,27,29). The predicted octanol–water partition coefficient (Wildman–Crippen LogP) is 4.26. The molecule has 2 atom stereocenters. The first-order chi connectivity index (χ1) is 15.4. The molecule has 7 nitrogen and oxygen atoms in total. The number of carbonyl (C=O) groups excluding carboxylic acids is 3. The fraction of sp³-hybridized carbons (Fsp3) is 0.400. The lowest BCUT2D eigenvalue weighted by atomic mass is 10.00. The van der Waals surface area contributed by atoms with Crippen LogP contribution in [-0.4, -0.2) is 35.4 Å². The van der Waals surface area contributed by atoms with Crippen molar-refractivity contribution in [3.05, 3.63) is 65.7 Å². The van der Waals surface area contributed by atoms with Crippen molar-refractivity contribution in [2.45, 2.75) is 52.3 Å². The van der Waals surface area contributed by atoms with Crippen molar-refractivity contribution in [2.75, 3.05) is 11.9 Å². The number of benzene rings is 2. The van der Waals surface area contributed by atoms with Gasteiger partial charge in [0, 0.05) is 18.7 Å². The van der Waals surface area contributed by atoms with Crippen LogP contribution in [0.25, 0.3) is 0 Å². The predicted molar refractivity (Wildman–Crippen MR) is 123 cm³/mol. The van der Waals surface area contributed by atoms with Crippen molar-refractivity contribution in [1.82, 2.24) is 10.2 Å². The molecule has 7 heteroatoms. The number of rotatable bonds is 9. The van der Waals surface area contributed by atoms with E-state index in [2.05, 4.69) is 10.6 Å². The van der Waals surface area contributed by atoms with Crippen LogP contribution in [0.1, 0.15) is 50.8 Å². The first kappa shape index (κ1) is 23.3. The number of carbonyl (C=O) groups is 3. The van der Waals surface area contributed by atoms with Crippen LogP contribution in [0, 0.1) is 5.92 Å². The van der Waals surface area contributed by atoms with E-state index >= 15 is 0 Å². The summed E-state index contributed by atoms with van der Waals surface area (Å²) in [5.74, 6) is -0.0241. The van der Waals surface area contributed by atoms with Gasteiger partial charge in [-0.1, -0.05) is 63.2 Å². The van der Waals surface area contributed by atoms with Gasteiger partial charge in [0.2, 0.25) is 11.8 Å². The summed E-state index contributed by atoms with van der Waals surface area (Å²) in [6, 6.07) is 15.8. The van der Waals surface area contributed by atoms with Crippen molar-refractivity contribution in [3.63, 3.8) is 0 Å². The SMILES string of the molecule is CCCNC(=O)C1C(c2ccc(NC(=O)CC(C)C)cc2)OC(=O)N1Cc1ccccc1. The van der Waals surface area contributed by atoms with Crippen LogP contribution < -0.4 is 10.6 Å². The van der Waals surface area contributed by atoms with Crippen molar-refractivity contribution in [3.8, 4) is 0 Å². The Labute approximate surface area is 189 Å². The van der Waals surface area contributed by atoms with Crippen LogP contribution in [0.2, 0.25) is 0 Å². The van der Waals surface area contributed by atoms with Crippen LogP contribution in [-0.2, 0) is 20.9 Å². The minimum Gasteiger partial charge on any atom is -0.438 e. The van der Waals surface area contributed by atoms with E-state index in [0.29, 0.717) is 24.2 Å². The Bertz CT molecular complexity index is 928. The lowest BCUT2D eigenvalue weighted by molar-refractivity contribution is -0.126. The van der Waals surface area contributed by atoms with Gasteiger partial charge in [-0.15, -0.1) is 0 Å². The van der Waals surface area contributed by atoms with E-state index in [0.717, 1.165) is 12.0 Å². The summed E-state index contributed by atoms with van der Waals surface area (Å²) in [6.07, 6.45) is -0.0226. The van der Waals surface area contributed by atoms with Crippen molar-refractivity contribution in [1.29, 1.82) is 0 Å². The van der Waals surface area contributed by atoms with Crippen LogP contribution in [0.4, 0.5) is 10.5 Å². The number of anilines is 1. The van der Waals surface area contributed by atoms with E-state index in [1.54, 1.807) is 24.3 Å². The van der Waals surface area contributed by atoms with Gasteiger partial charge in [0.1, 0.15) is 0 Å². The topological polar surface area (TPSA) is 87.7 Å². The highest BCUT2D eigenvalue weighted by molar-refractivity contribution is 5.91. The fourth-order valence-electron chi connectivity index (χ4n) is 3.68. The zero-order chi connectivity index (χ0) is 23.1. The van der Waals surface area contributed by atoms with Gasteiger partial charge in [-0.2, -0.15) is 0 Å². The number of cyclic esters (lactones) is 1. The maximum Gasteiger partial charge on any atom is 0.411 e. The average Bonchev–Trinajstić information content (AvgIpc) is 3.08. The van der Waals surface area contributed by atoms with Gasteiger partial charge in [0.05, 0.1) is 6.54 Å². The third-order valence-electron chi connectivity index (χ3n) is 5.22. The van der Waals surface area contributed by atoms with Crippen molar-refractivity contribution >= 4 is 23.6 Å². The van der Waals surface area contributed by atoms with Gasteiger partial charge in [0.15, 0.2) is 12.1 Å². The molecule has 2 aromatic carbocycles. The van der Waals surface area contributed by atoms with E-state index < -0.39 is 18.2 Å². The Balaban J connectivity index is 1.81. The molecule has 0 bridgehead atoms. The van der Waals surface area contributed by atoms with Crippen LogP contribution in [0.15, 0.2) is 54.6 Å². The smallest absolute Gasteiger partial charge is 0.411 e. The van der Waals surface area contributed by atoms with E-state index in [4.69, 9.17) is 4.74 Å². The number of nitrogens with one attached hydrogen (secondary N) is 2. The van der Waals surface area contributed by atoms with E-state index in [9.17, 15) is 14.4 Å². The van der Waals surface area contributed by atoms with Crippen LogP contribution in [0.5, 0.6) is 0 Å².